The van der Waals surface area contributed by atoms with Gasteiger partial charge in [-0.25, -0.2) is 0 Å². The summed E-state index contributed by atoms with van der Waals surface area (Å²) >= 11 is 0. The zero-order valence-corrected chi connectivity index (χ0v) is 22.0. The molecule has 6 heteroatoms. The molecule has 0 unspecified atom stereocenters. The van der Waals surface area contributed by atoms with Gasteiger partial charge in [0.2, 0.25) is 0 Å². The average Bonchev–Trinajstić information content (AvgIpc) is 3.21. The number of hydrogen-bond donors (Lipinski definition) is 1. The van der Waals surface area contributed by atoms with E-state index < -0.39 is 0 Å². The number of phenols is 1. The number of rotatable bonds is 2. The van der Waals surface area contributed by atoms with Gasteiger partial charge in [-0.15, -0.1) is 0 Å². The Morgan fingerprint density at radius 1 is 1.03 bits per heavy atom. The van der Waals surface area contributed by atoms with Gasteiger partial charge < -0.3 is 19.3 Å². The molecule has 0 radical (unpaired) electrons. The summed E-state index contributed by atoms with van der Waals surface area (Å²) in [6, 6.07) is 7.88. The minimum Gasteiger partial charge on any atom is -0.507 e. The maximum Gasteiger partial charge on any atom is 0.271 e. The number of hydrogen-bond acceptors (Lipinski definition) is 4. The van der Waals surface area contributed by atoms with Crippen LogP contribution in [-0.2, 0) is 24.1 Å². The first kappa shape index (κ1) is 24.0. The Labute approximate surface area is 218 Å². The summed E-state index contributed by atoms with van der Waals surface area (Å²) in [5.74, 6) is 0.406. The largest absolute Gasteiger partial charge is 0.507 e. The zero-order chi connectivity index (χ0) is 25.7. The fourth-order valence-corrected chi connectivity index (χ4v) is 6.25. The number of carbonyl (C=O) groups excluding carboxylic acids is 1. The van der Waals surface area contributed by atoms with Crippen LogP contribution in [-0.4, -0.2) is 50.8 Å². The molecule has 1 aromatic carbocycles. The summed E-state index contributed by atoms with van der Waals surface area (Å²) in [5, 5.41) is 11.0. The molecule has 37 heavy (non-hydrogen) atoms. The van der Waals surface area contributed by atoms with Crippen molar-refractivity contribution in [2.24, 2.45) is 0 Å². The van der Waals surface area contributed by atoms with Crippen LogP contribution in [0.2, 0.25) is 0 Å². The molecule has 5 heterocycles. The van der Waals surface area contributed by atoms with Gasteiger partial charge in [0.15, 0.2) is 0 Å². The SMILES string of the molecule is CC(C)(C)N1CCCCc2c(C3=CCOCC3)c3n(c2C1=O)CCc1cc(O)c(-c2cccnc2)cc1-3. The van der Waals surface area contributed by atoms with Crippen molar-refractivity contribution in [2.75, 3.05) is 19.8 Å². The van der Waals surface area contributed by atoms with Crippen molar-refractivity contribution >= 4 is 11.5 Å². The van der Waals surface area contributed by atoms with Gasteiger partial charge in [-0.2, -0.15) is 0 Å². The van der Waals surface area contributed by atoms with Crippen molar-refractivity contribution in [2.45, 2.75) is 65.0 Å². The standard InChI is InChI=1S/C31H35N3O3/c1-31(2,3)34-13-5-4-8-23-27(20-10-15-37-16-11-20)28-25-18-24(22-7-6-12-32-19-22)26(35)17-21(25)9-14-33(28)29(23)30(34)36/h6-7,10,12,17-19,35H,4-5,8-9,11,13-16H2,1-3H3. The number of amides is 1. The molecule has 1 amide bonds. The van der Waals surface area contributed by atoms with E-state index in [0.29, 0.717) is 13.2 Å². The minimum absolute atomic E-state index is 0.136. The highest BCUT2D eigenvalue weighted by atomic mass is 16.5. The average molecular weight is 498 g/mol. The lowest BCUT2D eigenvalue weighted by Crippen LogP contribution is -2.47. The third-order valence-electron chi connectivity index (χ3n) is 8.02. The zero-order valence-electron chi connectivity index (χ0n) is 22.0. The first-order valence-corrected chi connectivity index (χ1v) is 13.5. The van der Waals surface area contributed by atoms with E-state index in [1.54, 1.807) is 12.4 Å². The monoisotopic (exact) mass is 497 g/mol. The van der Waals surface area contributed by atoms with Crippen LogP contribution >= 0.6 is 0 Å². The molecule has 3 aromatic rings. The number of aryl methyl sites for hydroxylation is 1. The Morgan fingerprint density at radius 3 is 2.62 bits per heavy atom. The first-order valence-electron chi connectivity index (χ1n) is 13.5. The predicted octanol–water partition coefficient (Wildman–Crippen LogP) is 5.86. The third-order valence-corrected chi connectivity index (χ3v) is 8.02. The van der Waals surface area contributed by atoms with Gasteiger partial charge in [0, 0.05) is 53.3 Å². The second-order valence-corrected chi connectivity index (χ2v) is 11.4. The van der Waals surface area contributed by atoms with Crippen LogP contribution in [0, 0.1) is 0 Å². The molecule has 3 aliphatic rings. The molecule has 0 aliphatic carbocycles. The topological polar surface area (TPSA) is 67.6 Å². The predicted molar refractivity (Wildman–Crippen MR) is 146 cm³/mol. The fourth-order valence-electron chi connectivity index (χ4n) is 6.25. The maximum absolute atomic E-state index is 14.3. The molecule has 3 aliphatic heterocycles. The van der Waals surface area contributed by atoms with Gasteiger partial charge in [0.05, 0.1) is 18.9 Å². The van der Waals surface area contributed by atoms with E-state index >= 15 is 0 Å². The number of aromatic nitrogens is 2. The lowest BCUT2D eigenvalue weighted by atomic mass is 9.87. The van der Waals surface area contributed by atoms with Gasteiger partial charge in [-0.1, -0.05) is 12.1 Å². The number of carbonyl (C=O) groups is 1. The normalized spacial score (nSPS) is 17.9. The maximum atomic E-state index is 14.3. The van der Waals surface area contributed by atoms with Crippen molar-refractivity contribution in [3.05, 3.63) is 65.1 Å². The Morgan fingerprint density at radius 2 is 1.89 bits per heavy atom. The Balaban J connectivity index is 1.63. The van der Waals surface area contributed by atoms with Crippen molar-refractivity contribution in [3.8, 4) is 28.1 Å². The van der Waals surface area contributed by atoms with E-state index in [-0.39, 0.29) is 17.2 Å². The Kier molecular flexibility index (Phi) is 5.95. The highest BCUT2D eigenvalue weighted by molar-refractivity contribution is 6.00. The number of benzene rings is 1. The fraction of sp³-hybridized carbons (Fsp3) is 0.419. The van der Waals surface area contributed by atoms with Crippen LogP contribution in [0.4, 0.5) is 0 Å². The lowest BCUT2D eigenvalue weighted by Gasteiger charge is -2.37. The van der Waals surface area contributed by atoms with E-state index in [1.807, 2.05) is 18.2 Å². The molecule has 192 valence electrons. The van der Waals surface area contributed by atoms with E-state index in [2.05, 4.69) is 47.4 Å². The molecule has 0 bridgehead atoms. The number of aromatic hydroxyl groups is 1. The molecule has 0 atom stereocenters. The molecule has 2 aromatic heterocycles. The molecule has 0 spiro atoms. The molecule has 6 nitrogen and oxygen atoms in total. The molecular weight excluding hydrogens is 462 g/mol. The van der Waals surface area contributed by atoms with Crippen LogP contribution in [0.3, 0.4) is 0 Å². The van der Waals surface area contributed by atoms with Gasteiger partial charge in [-0.3, -0.25) is 9.78 Å². The molecule has 1 N–H and O–H groups in total. The summed E-state index contributed by atoms with van der Waals surface area (Å²) < 4.78 is 7.97. The highest BCUT2D eigenvalue weighted by Crippen LogP contribution is 2.46. The van der Waals surface area contributed by atoms with Crippen LogP contribution in [0.15, 0.2) is 42.7 Å². The van der Waals surface area contributed by atoms with Crippen molar-refractivity contribution in [3.63, 3.8) is 0 Å². The number of ether oxygens (including phenoxy) is 1. The smallest absolute Gasteiger partial charge is 0.271 e. The summed E-state index contributed by atoms with van der Waals surface area (Å²) in [6.45, 7) is 9.19. The third kappa shape index (κ3) is 4.08. The van der Waals surface area contributed by atoms with Crippen molar-refractivity contribution < 1.29 is 14.6 Å². The summed E-state index contributed by atoms with van der Waals surface area (Å²) in [5.41, 5.74) is 9.27. The number of nitrogens with zero attached hydrogens (tertiary/aromatic N) is 3. The number of pyridine rings is 1. The number of phenolic OH excluding ortho intramolecular Hbond substituents is 1. The Hall–Kier alpha value is -3.38. The molecule has 0 saturated heterocycles. The lowest BCUT2D eigenvalue weighted by molar-refractivity contribution is 0.0558. The van der Waals surface area contributed by atoms with Gasteiger partial charge in [0.1, 0.15) is 11.4 Å². The summed E-state index contributed by atoms with van der Waals surface area (Å²) in [6.07, 6.45) is 10.3. The van der Waals surface area contributed by atoms with Crippen LogP contribution < -0.4 is 0 Å². The van der Waals surface area contributed by atoms with E-state index in [1.165, 1.54) is 16.7 Å². The highest BCUT2D eigenvalue weighted by Gasteiger charge is 2.38. The van der Waals surface area contributed by atoms with Crippen LogP contribution in [0.25, 0.3) is 28.0 Å². The quantitative estimate of drug-likeness (QED) is 0.482. The van der Waals surface area contributed by atoms with E-state index in [4.69, 9.17) is 4.74 Å². The summed E-state index contributed by atoms with van der Waals surface area (Å²) in [4.78, 5) is 20.6. The van der Waals surface area contributed by atoms with Crippen molar-refractivity contribution in [1.82, 2.24) is 14.5 Å². The van der Waals surface area contributed by atoms with Gasteiger partial charge in [-0.05, 0) is 87.8 Å². The van der Waals surface area contributed by atoms with E-state index in [9.17, 15) is 9.90 Å². The van der Waals surface area contributed by atoms with Crippen LogP contribution in [0.1, 0.15) is 67.2 Å². The van der Waals surface area contributed by atoms with Gasteiger partial charge >= 0.3 is 0 Å². The van der Waals surface area contributed by atoms with Gasteiger partial charge in [0.25, 0.3) is 5.91 Å². The second-order valence-electron chi connectivity index (χ2n) is 11.4. The minimum atomic E-state index is -0.250. The molecule has 0 fully saturated rings. The summed E-state index contributed by atoms with van der Waals surface area (Å²) in [7, 11) is 0. The first-order chi connectivity index (χ1) is 17.8. The molecule has 6 rings (SSSR count). The van der Waals surface area contributed by atoms with E-state index in [0.717, 1.165) is 78.8 Å². The Bertz CT molecular complexity index is 1400. The molecular formula is C31H35N3O3. The van der Waals surface area contributed by atoms with Crippen LogP contribution in [0.5, 0.6) is 5.75 Å². The van der Waals surface area contributed by atoms with Crippen molar-refractivity contribution in [1.29, 1.82) is 0 Å². The molecule has 0 saturated carbocycles. The second kappa shape index (κ2) is 9.18. The number of fused-ring (bicyclic) bond motifs is 5.